The van der Waals surface area contributed by atoms with Crippen LogP contribution < -0.4 is 9.64 Å². The first-order valence-corrected chi connectivity index (χ1v) is 12.6. The molecule has 0 aromatic heterocycles. The van der Waals surface area contributed by atoms with Gasteiger partial charge in [-0.05, 0) is 48.6 Å². The maximum Gasteiger partial charge on any atom is 0.329 e. The molecule has 0 bridgehead atoms. The molecule has 198 valence electrons. The van der Waals surface area contributed by atoms with Crippen LogP contribution >= 0.6 is 0 Å². The van der Waals surface area contributed by atoms with Crippen molar-refractivity contribution in [2.24, 2.45) is 0 Å². The van der Waals surface area contributed by atoms with Crippen LogP contribution in [0.4, 0.5) is 5.69 Å². The predicted octanol–water partition coefficient (Wildman–Crippen LogP) is 3.79. The van der Waals surface area contributed by atoms with Gasteiger partial charge in [-0.3, -0.25) is 10.2 Å². The molecule has 1 fully saturated rings. The molecular formula is C28H35N3O6. The third kappa shape index (κ3) is 5.72. The molecule has 2 aliphatic rings. The highest BCUT2D eigenvalue weighted by atomic mass is 16.5. The Kier molecular flexibility index (Phi) is 7.45. The average Bonchev–Trinajstić information content (AvgIpc) is 3.42. The number of nitrogens with zero attached hydrogens (tertiary/aromatic N) is 2. The number of carbonyl (C=O) groups excluding carboxylic acids is 1. The van der Waals surface area contributed by atoms with E-state index >= 15 is 0 Å². The molecule has 9 nitrogen and oxygen atoms in total. The highest BCUT2D eigenvalue weighted by Crippen LogP contribution is 2.41. The third-order valence-corrected chi connectivity index (χ3v) is 6.81. The fraction of sp³-hybridized carbons (Fsp3) is 0.464. The minimum absolute atomic E-state index is 0.0373. The summed E-state index contributed by atoms with van der Waals surface area (Å²) >= 11 is 0. The van der Waals surface area contributed by atoms with Crippen molar-refractivity contribution in [3.63, 3.8) is 0 Å². The topological polar surface area (TPSA) is 123 Å². The largest absolute Gasteiger partial charge is 0.505 e. The molecule has 2 heterocycles. The SMILES string of the molecule is CCOc1ccc2c(c1)C(=N)N(CC(=O)c1cc(N3CCC(OCC(=O)O)C3)c(O)c(C(C)(C)C)c1)C2. The van der Waals surface area contributed by atoms with Crippen LogP contribution in [0.3, 0.4) is 0 Å². The number of hydrogen-bond donors (Lipinski definition) is 3. The van der Waals surface area contributed by atoms with Gasteiger partial charge in [-0.2, -0.15) is 0 Å². The maximum absolute atomic E-state index is 13.5. The van der Waals surface area contributed by atoms with Crippen molar-refractivity contribution in [3.05, 3.63) is 52.6 Å². The lowest BCUT2D eigenvalue weighted by Gasteiger charge is -2.27. The number of aliphatic carboxylic acids is 1. The number of anilines is 1. The molecule has 2 aliphatic heterocycles. The van der Waals surface area contributed by atoms with Crippen molar-refractivity contribution in [3.8, 4) is 11.5 Å². The molecule has 3 N–H and O–H groups in total. The van der Waals surface area contributed by atoms with Gasteiger partial charge in [-0.25, -0.2) is 4.79 Å². The number of hydrogen-bond acceptors (Lipinski definition) is 7. The predicted molar refractivity (Wildman–Crippen MR) is 140 cm³/mol. The van der Waals surface area contributed by atoms with E-state index in [0.29, 0.717) is 55.2 Å². The smallest absolute Gasteiger partial charge is 0.329 e. The number of rotatable bonds is 9. The Morgan fingerprint density at radius 3 is 2.62 bits per heavy atom. The number of ether oxygens (including phenoxy) is 2. The normalized spacial score (nSPS) is 17.3. The minimum atomic E-state index is -1.02. The number of carbonyl (C=O) groups is 2. The van der Waals surface area contributed by atoms with Gasteiger partial charge < -0.3 is 29.5 Å². The van der Waals surface area contributed by atoms with Gasteiger partial charge in [0.1, 0.15) is 23.9 Å². The zero-order valence-electron chi connectivity index (χ0n) is 21.8. The summed E-state index contributed by atoms with van der Waals surface area (Å²) in [6.45, 7) is 9.52. The van der Waals surface area contributed by atoms with Gasteiger partial charge in [0.05, 0.1) is 24.9 Å². The lowest BCUT2D eigenvalue weighted by atomic mass is 9.84. The number of aromatic hydroxyl groups is 1. The lowest BCUT2D eigenvalue weighted by molar-refractivity contribution is -0.143. The van der Waals surface area contributed by atoms with Gasteiger partial charge in [0.25, 0.3) is 0 Å². The second-order valence-corrected chi connectivity index (χ2v) is 10.6. The van der Waals surface area contributed by atoms with E-state index in [9.17, 15) is 14.7 Å². The number of carboxylic acids is 1. The zero-order valence-corrected chi connectivity index (χ0v) is 21.8. The summed E-state index contributed by atoms with van der Waals surface area (Å²) in [5, 5.41) is 28.7. The summed E-state index contributed by atoms with van der Waals surface area (Å²) in [4.78, 5) is 28.1. The molecule has 0 amide bonds. The van der Waals surface area contributed by atoms with Crippen LogP contribution in [0.1, 0.15) is 61.2 Å². The number of phenols is 1. The molecule has 0 radical (unpaired) electrons. The van der Waals surface area contributed by atoms with Crippen LogP contribution in [-0.2, 0) is 21.5 Å². The van der Waals surface area contributed by atoms with E-state index in [4.69, 9.17) is 20.0 Å². The highest BCUT2D eigenvalue weighted by Gasteiger charge is 2.31. The van der Waals surface area contributed by atoms with E-state index in [2.05, 4.69) is 0 Å². The third-order valence-electron chi connectivity index (χ3n) is 6.81. The van der Waals surface area contributed by atoms with Crippen LogP contribution in [0.2, 0.25) is 0 Å². The van der Waals surface area contributed by atoms with Crippen molar-refractivity contribution in [1.82, 2.24) is 4.90 Å². The van der Waals surface area contributed by atoms with Crippen molar-refractivity contribution in [2.45, 2.75) is 52.2 Å². The molecule has 0 spiro atoms. The van der Waals surface area contributed by atoms with E-state index in [1.54, 1.807) is 17.0 Å². The Hall–Kier alpha value is -3.59. The molecule has 2 aromatic carbocycles. The van der Waals surface area contributed by atoms with E-state index in [1.165, 1.54) is 0 Å². The van der Waals surface area contributed by atoms with Crippen LogP contribution in [0.5, 0.6) is 11.5 Å². The number of phenolic OH excluding ortho intramolecular Hbond substituents is 1. The number of fused-ring (bicyclic) bond motifs is 1. The number of ketones is 1. The summed E-state index contributed by atoms with van der Waals surface area (Å²) in [6, 6.07) is 9.11. The number of Topliss-reactive ketones (excluding diaryl/α,β-unsaturated/α-hetero) is 1. The van der Waals surface area contributed by atoms with Crippen LogP contribution in [-0.4, -0.2) is 71.7 Å². The monoisotopic (exact) mass is 509 g/mol. The summed E-state index contributed by atoms with van der Waals surface area (Å²) in [5.74, 6) is -0.0566. The van der Waals surface area contributed by atoms with Crippen LogP contribution in [0, 0.1) is 5.41 Å². The standard InChI is InChI=1S/C28H35N3O6/c1-5-36-19-7-6-17-13-31(27(29)21(17)12-19)15-24(32)18-10-22(28(2,3)4)26(35)23(11-18)30-9-8-20(14-30)37-16-25(33)34/h6-7,10-12,20,29,35H,5,8-9,13-16H2,1-4H3,(H,33,34). The van der Waals surface area contributed by atoms with Gasteiger partial charge in [0.15, 0.2) is 5.78 Å². The summed E-state index contributed by atoms with van der Waals surface area (Å²) in [5.41, 5.74) is 2.99. The highest BCUT2D eigenvalue weighted by molar-refractivity contribution is 6.06. The molecule has 1 atom stereocenters. The van der Waals surface area contributed by atoms with Gasteiger partial charge in [0.2, 0.25) is 0 Å². The summed E-state index contributed by atoms with van der Waals surface area (Å²) in [7, 11) is 0. The van der Waals surface area contributed by atoms with E-state index in [1.807, 2.05) is 50.8 Å². The molecule has 2 aromatic rings. The van der Waals surface area contributed by atoms with Crippen molar-refractivity contribution in [2.75, 3.05) is 37.7 Å². The quantitative estimate of drug-likeness (QED) is 0.436. The molecule has 4 rings (SSSR count). The Labute approximate surface area is 217 Å². The Morgan fingerprint density at radius 1 is 1.19 bits per heavy atom. The van der Waals surface area contributed by atoms with E-state index in [0.717, 1.165) is 11.1 Å². The Balaban J connectivity index is 1.57. The molecular weight excluding hydrogens is 474 g/mol. The maximum atomic E-state index is 13.5. The molecule has 0 saturated carbocycles. The van der Waals surface area contributed by atoms with Gasteiger partial charge in [0, 0.05) is 36.3 Å². The number of carboxylic acid groups (broad SMARTS) is 1. The second-order valence-electron chi connectivity index (χ2n) is 10.6. The molecule has 9 heteroatoms. The fourth-order valence-corrected chi connectivity index (χ4v) is 4.89. The van der Waals surface area contributed by atoms with Crippen molar-refractivity contribution < 1.29 is 29.3 Å². The average molecular weight is 510 g/mol. The first-order valence-electron chi connectivity index (χ1n) is 12.6. The first-order chi connectivity index (χ1) is 17.5. The van der Waals surface area contributed by atoms with Gasteiger partial charge in [-0.1, -0.05) is 26.8 Å². The van der Waals surface area contributed by atoms with Crippen molar-refractivity contribution in [1.29, 1.82) is 5.41 Å². The summed E-state index contributed by atoms with van der Waals surface area (Å²) in [6.07, 6.45) is 0.362. The Morgan fingerprint density at radius 2 is 1.95 bits per heavy atom. The zero-order chi connectivity index (χ0) is 26.9. The first kappa shape index (κ1) is 26.5. The number of amidine groups is 1. The Bertz CT molecular complexity index is 1220. The second kappa shape index (κ2) is 10.4. The fourth-order valence-electron chi connectivity index (χ4n) is 4.89. The number of benzene rings is 2. The van der Waals surface area contributed by atoms with E-state index in [-0.39, 0.29) is 36.6 Å². The van der Waals surface area contributed by atoms with Gasteiger partial charge in [-0.15, -0.1) is 0 Å². The molecule has 0 aliphatic carbocycles. The lowest BCUT2D eigenvalue weighted by Crippen LogP contribution is -2.31. The van der Waals surface area contributed by atoms with Gasteiger partial charge >= 0.3 is 5.97 Å². The van der Waals surface area contributed by atoms with Crippen LogP contribution in [0.15, 0.2) is 30.3 Å². The number of nitrogens with one attached hydrogen (secondary N) is 1. The van der Waals surface area contributed by atoms with Crippen molar-refractivity contribution >= 4 is 23.3 Å². The molecule has 37 heavy (non-hydrogen) atoms. The molecule has 1 saturated heterocycles. The minimum Gasteiger partial charge on any atom is -0.505 e. The molecule has 1 unspecified atom stereocenters. The van der Waals surface area contributed by atoms with E-state index < -0.39 is 11.4 Å². The summed E-state index contributed by atoms with van der Waals surface area (Å²) < 4.78 is 11.0. The van der Waals surface area contributed by atoms with Crippen LogP contribution in [0.25, 0.3) is 0 Å².